The van der Waals surface area contributed by atoms with Crippen LogP contribution in [0.3, 0.4) is 0 Å². The lowest BCUT2D eigenvalue weighted by Gasteiger charge is -2.08. The van der Waals surface area contributed by atoms with Gasteiger partial charge in [0.05, 0.1) is 30.7 Å². The van der Waals surface area contributed by atoms with Gasteiger partial charge in [0.1, 0.15) is 11.5 Å². The van der Waals surface area contributed by atoms with Crippen LogP contribution in [0.1, 0.15) is 15.9 Å². The quantitative estimate of drug-likeness (QED) is 0.745. The van der Waals surface area contributed by atoms with Gasteiger partial charge in [-0.2, -0.15) is 0 Å². The van der Waals surface area contributed by atoms with E-state index in [1.165, 1.54) is 0 Å². The molecule has 2 aromatic carbocycles. The Bertz CT molecular complexity index is 805. The molecule has 0 fully saturated rings. The lowest BCUT2D eigenvalue weighted by Crippen LogP contribution is -2.03. The minimum Gasteiger partial charge on any atom is -0.496 e. The van der Waals surface area contributed by atoms with Crippen LogP contribution in [0, 0.1) is 0 Å². The molecular weight excluding hydrogens is 266 g/mol. The smallest absolute Gasteiger partial charge is 0.199 e. The molecule has 0 bridgehead atoms. The van der Waals surface area contributed by atoms with Crippen LogP contribution < -0.4 is 9.47 Å². The van der Waals surface area contributed by atoms with Gasteiger partial charge in [0, 0.05) is 11.7 Å². The number of aromatic amines is 1. The molecule has 1 heterocycles. The number of fused-ring (bicyclic) bond motifs is 1. The van der Waals surface area contributed by atoms with Gasteiger partial charge in [0.25, 0.3) is 0 Å². The summed E-state index contributed by atoms with van der Waals surface area (Å²) in [5.41, 5.74) is 1.98. The highest BCUT2D eigenvalue weighted by Crippen LogP contribution is 2.31. The highest BCUT2D eigenvalue weighted by molar-refractivity contribution is 6.18. The van der Waals surface area contributed by atoms with E-state index in [1.54, 1.807) is 32.5 Å². The first-order chi connectivity index (χ1) is 10.3. The van der Waals surface area contributed by atoms with Crippen molar-refractivity contribution in [3.05, 3.63) is 59.8 Å². The highest BCUT2D eigenvalue weighted by atomic mass is 16.5. The highest BCUT2D eigenvalue weighted by Gasteiger charge is 2.19. The molecule has 3 aromatic rings. The number of hydrogen-bond donors (Lipinski definition) is 1. The molecule has 1 N–H and O–H groups in total. The molecule has 0 radical (unpaired) electrons. The first kappa shape index (κ1) is 13.2. The third-order valence-electron chi connectivity index (χ3n) is 3.48. The second kappa shape index (κ2) is 5.32. The fourth-order valence-electron chi connectivity index (χ4n) is 2.48. The van der Waals surface area contributed by atoms with E-state index in [1.807, 2.05) is 30.3 Å². The van der Waals surface area contributed by atoms with E-state index in [9.17, 15) is 4.79 Å². The van der Waals surface area contributed by atoms with Crippen LogP contribution in [-0.4, -0.2) is 25.0 Å². The molecule has 0 aliphatic heterocycles. The summed E-state index contributed by atoms with van der Waals surface area (Å²) in [6.45, 7) is 0. The van der Waals surface area contributed by atoms with Gasteiger partial charge in [0.2, 0.25) is 0 Å². The van der Waals surface area contributed by atoms with Crippen LogP contribution in [0.5, 0.6) is 11.5 Å². The molecule has 106 valence electrons. The zero-order valence-electron chi connectivity index (χ0n) is 11.8. The summed E-state index contributed by atoms with van der Waals surface area (Å²) in [5.74, 6) is 1.14. The molecule has 0 atom stereocenters. The monoisotopic (exact) mass is 281 g/mol. The SMILES string of the molecule is COc1ccccc1C(=O)c1c[nH]c2cccc(OC)c12. The third-order valence-corrected chi connectivity index (χ3v) is 3.48. The minimum absolute atomic E-state index is 0.0943. The number of rotatable bonds is 4. The molecule has 0 unspecified atom stereocenters. The van der Waals surface area contributed by atoms with Crippen molar-refractivity contribution in [2.75, 3.05) is 14.2 Å². The van der Waals surface area contributed by atoms with Crippen LogP contribution in [0.15, 0.2) is 48.7 Å². The molecular formula is C17H15NO3. The van der Waals surface area contributed by atoms with Crippen molar-refractivity contribution in [2.45, 2.75) is 0 Å². The molecule has 4 nitrogen and oxygen atoms in total. The predicted octanol–water partition coefficient (Wildman–Crippen LogP) is 3.42. The zero-order valence-corrected chi connectivity index (χ0v) is 11.8. The average molecular weight is 281 g/mol. The molecule has 1 aromatic heterocycles. The standard InChI is InChI=1S/C17H15NO3/c1-20-14-8-4-3-6-11(14)17(19)12-10-18-13-7-5-9-15(21-2)16(12)13/h3-10,18H,1-2H3. The van der Waals surface area contributed by atoms with E-state index in [4.69, 9.17) is 9.47 Å². The number of H-pyrrole nitrogens is 1. The van der Waals surface area contributed by atoms with Crippen molar-refractivity contribution in [3.8, 4) is 11.5 Å². The van der Waals surface area contributed by atoms with Gasteiger partial charge in [0.15, 0.2) is 5.78 Å². The Labute approximate surface area is 122 Å². The van der Waals surface area contributed by atoms with Crippen molar-refractivity contribution >= 4 is 16.7 Å². The minimum atomic E-state index is -0.0943. The van der Waals surface area contributed by atoms with Crippen molar-refractivity contribution in [1.82, 2.24) is 4.98 Å². The van der Waals surface area contributed by atoms with Crippen molar-refractivity contribution in [1.29, 1.82) is 0 Å². The van der Waals surface area contributed by atoms with Crippen molar-refractivity contribution in [2.24, 2.45) is 0 Å². The van der Waals surface area contributed by atoms with Gasteiger partial charge in [-0.1, -0.05) is 18.2 Å². The van der Waals surface area contributed by atoms with Crippen LogP contribution >= 0.6 is 0 Å². The molecule has 21 heavy (non-hydrogen) atoms. The molecule has 0 aliphatic rings. The fourth-order valence-corrected chi connectivity index (χ4v) is 2.48. The molecule has 0 saturated carbocycles. The molecule has 0 spiro atoms. The normalized spacial score (nSPS) is 10.6. The van der Waals surface area contributed by atoms with Gasteiger partial charge < -0.3 is 14.5 Å². The molecule has 0 aliphatic carbocycles. The summed E-state index contributed by atoms with van der Waals surface area (Å²) in [5, 5.41) is 0.788. The number of aromatic nitrogens is 1. The van der Waals surface area contributed by atoms with E-state index < -0.39 is 0 Å². The Morgan fingerprint density at radius 3 is 2.38 bits per heavy atom. The van der Waals surface area contributed by atoms with Gasteiger partial charge in [-0.25, -0.2) is 0 Å². The number of ketones is 1. The number of para-hydroxylation sites is 1. The van der Waals surface area contributed by atoms with E-state index in [0.29, 0.717) is 22.6 Å². The maximum Gasteiger partial charge on any atom is 0.199 e. The Balaban J connectivity index is 2.18. The van der Waals surface area contributed by atoms with Crippen LogP contribution in [0.25, 0.3) is 10.9 Å². The second-order valence-corrected chi connectivity index (χ2v) is 4.61. The van der Waals surface area contributed by atoms with Crippen molar-refractivity contribution in [3.63, 3.8) is 0 Å². The molecule has 0 saturated heterocycles. The maximum atomic E-state index is 12.8. The summed E-state index contributed by atoms with van der Waals surface area (Å²) in [7, 11) is 3.15. The predicted molar refractivity (Wildman–Crippen MR) is 81.3 cm³/mol. The summed E-state index contributed by atoms with van der Waals surface area (Å²) < 4.78 is 10.6. The number of carbonyl (C=O) groups is 1. The third kappa shape index (κ3) is 2.14. The number of hydrogen-bond acceptors (Lipinski definition) is 3. The summed E-state index contributed by atoms with van der Waals surface area (Å²) in [4.78, 5) is 15.9. The lowest BCUT2D eigenvalue weighted by atomic mass is 10.0. The first-order valence-electron chi connectivity index (χ1n) is 6.58. The van der Waals surface area contributed by atoms with Crippen LogP contribution in [-0.2, 0) is 0 Å². The molecule has 3 rings (SSSR count). The van der Waals surface area contributed by atoms with Crippen LogP contribution in [0.4, 0.5) is 0 Å². The Morgan fingerprint density at radius 1 is 0.905 bits per heavy atom. The summed E-state index contributed by atoms with van der Waals surface area (Å²) >= 11 is 0. The van der Waals surface area contributed by atoms with Crippen molar-refractivity contribution < 1.29 is 14.3 Å². The second-order valence-electron chi connectivity index (χ2n) is 4.61. The maximum absolute atomic E-state index is 12.8. The Kier molecular flexibility index (Phi) is 3.36. The first-order valence-corrected chi connectivity index (χ1v) is 6.58. The Morgan fingerprint density at radius 2 is 1.62 bits per heavy atom. The average Bonchev–Trinajstić information content (AvgIpc) is 2.98. The van der Waals surface area contributed by atoms with Gasteiger partial charge in [-0.3, -0.25) is 4.79 Å². The number of benzene rings is 2. The lowest BCUT2D eigenvalue weighted by molar-refractivity contribution is 0.103. The Hall–Kier alpha value is -2.75. The zero-order chi connectivity index (χ0) is 14.8. The molecule has 4 heteroatoms. The molecule has 0 amide bonds. The summed E-state index contributed by atoms with van der Waals surface area (Å²) in [6, 6.07) is 12.8. The fraction of sp³-hybridized carbons (Fsp3) is 0.118. The van der Waals surface area contributed by atoms with E-state index in [-0.39, 0.29) is 5.78 Å². The van der Waals surface area contributed by atoms with E-state index in [2.05, 4.69) is 4.98 Å². The van der Waals surface area contributed by atoms with E-state index in [0.717, 1.165) is 10.9 Å². The number of nitrogens with one attached hydrogen (secondary N) is 1. The number of ether oxygens (including phenoxy) is 2. The topological polar surface area (TPSA) is 51.3 Å². The summed E-state index contributed by atoms with van der Waals surface area (Å²) in [6.07, 6.45) is 1.71. The van der Waals surface area contributed by atoms with Gasteiger partial charge >= 0.3 is 0 Å². The largest absolute Gasteiger partial charge is 0.496 e. The van der Waals surface area contributed by atoms with Crippen LogP contribution in [0.2, 0.25) is 0 Å². The number of methoxy groups -OCH3 is 2. The van der Waals surface area contributed by atoms with Gasteiger partial charge in [-0.05, 0) is 24.3 Å². The van der Waals surface area contributed by atoms with E-state index >= 15 is 0 Å². The number of carbonyl (C=O) groups excluding carboxylic acids is 1. The van der Waals surface area contributed by atoms with Gasteiger partial charge in [-0.15, -0.1) is 0 Å².